The number of para-hydroxylation sites is 1. The quantitative estimate of drug-likeness (QED) is 0.298. The van der Waals surface area contributed by atoms with Crippen LogP contribution in [0.25, 0.3) is 11.6 Å². The minimum Gasteiger partial charge on any atom is -0.409 e. The van der Waals surface area contributed by atoms with Gasteiger partial charge in [0, 0.05) is 12.4 Å². The fourth-order valence-corrected chi connectivity index (χ4v) is 1.77. The Labute approximate surface area is 113 Å². The zero-order valence-electron chi connectivity index (χ0n) is 10.2. The van der Waals surface area contributed by atoms with Crippen LogP contribution in [0.5, 0.6) is 0 Å². The molecule has 0 radical (unpaired) electrons. The minimum atomic E-state index is -0.127. The molecule has 2 heterocycles. The van der Waals surface area contributed by atoms with E-state index in [4.69, 9.17) is 10.9 Å². The van der Waals surface area contributed by atoms with Crippen LogP contribution in [0.3, 0.4) is 0 Å². The summed E-state index contributed by atoms with van der Waals surface area (Å²) in [6.45, 7) is 0. The van der Waals surface area contributed by atoms with Gasteiger partial charge in [-0.2, -0.15) is 4.68 Å². The van der Waals surface area contributed by atoms with E-state index >= 15 is 0 Å². The summed E-state index contributed by atoms with van der Waals surface area (Å²) in [6, 6.07) is 9.37. The molecular weight excluding hydrogens is 260 g/mol. The van der Waals surface area contributed by atoms with Gasteiger partial charge in [0.2, 0.25) is 5.84 Å². The lowest BCUT2D eigenvalue weighted by molar-refractivity contribution is 0.318. The molecule has 3 N–H and O–H groups in total. The second-order valence-electron chi connectivity index (χ2n) is 3.83. The molecule has 0 bridgehead atoms. The Bertz CT molecular complexity index is 745. The van der Waals surface area contributed by atoms with Crippen LogP contribution in [0.1, 0.15) is 5.82 Å². The molecule has 9 nitrogen and oxygen atoms in total. The van der Waals surface area contributed by atoms with Gasteiger partial charge in [0.25, 0.3) is 5.95 Å². The van der Waals surface area contributed by atoms with E-state index in [2.05, 4.69) is 25.7 Å². The monoisotopic (exact) mass is 270 g/mol. The number of hydrogen-bond acceptors (Lipinski definition) is 6. The molecule has 0 spiro atoms. The molecule has 100 valence electrons. The van der Waals surface area contributed by atoms with E-state index in [1.807, 2.05) is 30.3 Å². The highest BCUT2D eigenvalue weighted by Gasteiger charge is 2.16. The Kier molecular flexibility index (Phi) is 2.84. The van der Waals surface area contributed by atoms with Crippen molar-refractivity contribution in [1.82, 2.24) is 29.8 Å². The SMILES string of the molecule is N/C(=N/O)c1nccn1-c1nnnn1-c1ccccc1. The predicted octanol–water partition coefficient (Wildman–Crippen LogP) is -0.0575. The van der Waals surface area contributed by atoms with Crippen LogP contribution in [-0.4, -0.2) is 40.8 Å². The molecule has 0 unspecified atom stereocenters. The zero-order chi connectivity index (χ0) is 13.9. The number of imidazole rings is 1. The highest BCUT2D eigenvalue weighted by molar-refractivity contribution is 5.94. The topological polar surface area (TPSA) is 120 Å². The molecular formula is C11H10N8O. The normalized spacial score (nSPS) is 11.7. The van der Waals surface area contributed by atoms with Crippen molar-refractivity contribution in [2.24, 2.45) is 10.9 Å². The third kappa shape index (κ3) is 1.86. The highest BCUT2D eigenvalue weighted by Crippen LogP contribution is 2.12. The largest absolute Gasteiger partial charge is 0.409 e. The molecule has 2 aromatic heterocycles. The summed E-state index contributed by atoms with van der Waals surface area (Å²) in [5, 5.41) is 23.2. The summed E-state index contributed by atoms with van der Waals surface area (Å²) < 4.78 is 3.05. The summed E-state index contributed by atoms with van der Waals surface area (Å²) in [4.78, 5) is 4.02. The van der Waals surface area contributed by atoms with Gasteiger partial charge in [0.05, 0.1) is 5.69 Å². The third-order valence-electron chi connectivity index (χ3n) is 2.65. The molecule has 0 saturated heterocycles. The summed E-state index contributed by atoms with van der Waals surface area (Å²) in [5.74, 6) is 0.507. The molecule has 0 atom stereocenters. The van der Waals surface area contributed by atoms with Gasteiger partial charge in [-0.05, 0) is 22.6 Å². The molecule has 0 aliphatic rings. The number of benzene rings is 1. The van der Waals surface area contributed by atoms with Crippen molar-refractivity contribution in [3.05, 3.63) is 48.5 Å². The Morgan fingerprint density at radius 2 is 2.05 bits per heavy atom. The average molecular weight is 270 g/mol. The minimum absolute atomic E-state index is 0.127. The number of nitrogens with two attached hydrogens (primary N) is 1. The van der Waals surface area contributed by atoms with E-state index in [-0.39, 0.29) is 11.7 Å². The van der Waals surface area contributed by atoms with Gasteiger partial charge in [0.15, 0.2) is 5.82 Å². The molecule has 1 aromatic carbocycles. The Balaban J connectivity index is 2.14. The van der Waals surface area contributed by atoms with E-state index in [9.17, 15) is 0 Å². The second kappa shape index (κ2) is 4.80. The predicted molar refractivity (Wildman–Crippen MR) is 68.8 cm³/mol. The van der Waals surface area contributed by atoms with Crippen molar-refractivity contribution in [1.29, 1.82) is 0 Å². The summed E-state index contributed by atoms with van der Waals surface area (Å²) >= 11 is 0. The van der Waals surface area contributed by atoms with Crippen LogP contribution in [0.2, 0.25) is 0 Å². The smallest absolute Gasteiger partial charge is 0.260 e. The number of aromatic nitrogens is 6. The summed E-state index contributed by atoms with van der Waals surface area (Å²) in [6.07, 6.45) is 3.13. The number of tetrazole rings is 1. The maximum atomic E-state index is 8.77. The Morgan fingerprint density at radius 1 is 1.25 bits per heavy atom. The highest BCUT2D eigenvalue weighted by atomic mass is 16.4. The lowest BCUT2D eigenvalue weighted by atomic mass is 10.3. The van der Waals surface area contributed by atoms with Crippen molar-refractivity contribution in [2.45, 2.75) is 0 Å². The summed E-state index contributed by atoms with van der Waals surface area (Å²) in [5.41, 5.74) is 6.36. The van der Waals surface area contributed by atoms with Crippen LogP contribution < -0.4 is 5.73 Å². The lowest BCUT2D eigenvalue weighted by Crippen LogP contribution is -2.20. The van der Waals surface area contributed by atoms with Crippen molar-refractivity contribution in [2.75, 3.05) is 0 Å². The Hall–Kier alpha value is -3.23. The maximum Gasteiger partial charge on any atom is 0.260 e. The zero-order valence-corrected chi connectivity index (χ0v) is 10.2. The van der Waals surface area contributed by atoms with Crippen molar-refractivity contribution in [3.63, 3.8) is 0 Å². The van der Waals surface area contributed by atoms with Gasteiger partial charge >= 0.3 is 0 Å². The van der Waals surface area contributed by atoms with E-state index in [0.717, 1.165) is 5.69 Å². The molecule has 0 aliphatic carbocycles. The standard InChI is InChI=1S/C11H10N8O/c12-9(15-20)10-13-6-7-18(10)11-14-16-17-19(11)8-4-2-1-3-5-8/h1-7,20H,(H2,12,15). The van der Waals surface area contributed by atoms with Gasteiger partial charge in [-0.3, -0.25) is 4.57 Å². The molecule has 20 heavy (non-hydrogen) atoms. The van der Waals surface area contributed by atoms with Crippen LogP contribution in [0, 0.1) is 0 Å². The Morgan fingerprint density at radius 3 is 2.80 bits per heavy atom. The van der Waals surface area contributed by atoms with Gasteiger partial charge in [-0.15, -0.1) is 0 Å². The first-order valence-corrected chi connectivity index (χ1v) is 5.66. The van der Waals surface area contributed by atoms with Crippen molar-refractivity contribution < 1.29 is 5.21 Å². The molecule has 0 fully saturated rings. The molecule has 0 saturated carbocycles. The van der Waals surface area contributed by atoms with Crippen molar-refractivity contribution >= 4 is 5.84 Å². The molecule has 3 aromatic rings. The first-order valence-electron chi connectivity index (χ1n) is 5.66. The number of rotatable bonds is 3. The van der Waals surface area contributed by atoms with Gasteiger partial charge < -0.3 is 10.9 Å². The maximum absolute atomic E-state index is 8.77. The fraction of sp³-hybridized carbons (Fsp3) is 0. The summed E-state index contributed by atoms with van der Waals surface area (Å²) in [7, 11) is 0. The molecule has 3 rings (SSSR count). The number of oxime groups is 1. The fourth-order valence-electron chi connectivity index (χ4n) is 1.77. The third-order valence-corrected chi connectivity index (χ3v) is 2.65. The van der Waals surface area contributed by atoms with Gasteiger partial charge in [-0.1, -0.05) is 28.5 Å². The van der Waals surface area contributed by atoms with E-state index in [1.54, 1.807) is 6.20 Å². The van der Waals surface area contributed by atoms with Crippen LogP contribution in [-0.2, 0) is 0 Å². The number of amidine groups is 1. The lowest BCUT2D eigenvalue weighted by Gasteiger charge is -2.06. The molecule has 9 heteroatoms. The van der Waals surface area contributed by atoms with Gasteiger partial charge in [0.1, 0.15) is 0 Å². The van der Waals surface area contributed by atoms with Crippen molar-refractivity contribution in [3.8, 4) is 11.6 Å². The number of hydrogen-bond donors (Lipinski definition) is 2. The second-order valence-corrected chi connectivity index (χ2v) is 3.83. The number of nitrogens with zero attached hydrogens (tertiary/aromatic N) is 7. The average Bonchev–Trinajstić information content (AvgIpc) is 3.15. The van der Waals surface area contributed by atoms with E-state index in [0.29, 0.717) is 5.95 Å². The van der Waals surface area contributed by atoms with Crippen LogP contribution >= 0.6 is 0 Å². The van der Waals surface area contributed by atoms with E-state index in [1.165, 1.54) is 15.4 Å². The first-order chi connectivity index (χ1) is 9.81. The van der Waals surface area contributed by atoms with Crippen LogP contribution in [0.15, 0.2) is 47.9 Å². The molecule has 0 amide bonds. The van der Waals surface area contributed by atoms with E-state index < -0.39 is 0 Å². The van der Waals surface area contributed by atoms with Gasteiger partial charge in [-0.25, -0.2) is 4.98 Å². The molecule has 0 aliphatic heterocycles. The first kappa shape index (κ1) is 11.8. The van der Waals surface area contributed by atoms with Crippen LogP contribution in [0.4, 0.5) is 0 Å².